The molecule has 1 rings (SSSR count). The van der Waals surface area contributed by atoms with Crippen LogP contribution in [0.4, 0.5) is 0 Å². The molecule has 0 fully saturated rings. The van der Waals surface area contributed by atoms with Crippen molar-refractivity contribution in [2.75, 3.05) is 6.54 Å². The molecule has 0 aliphatic carbocycles. The minimum Gasteiger partial charge on any atom is -0.506 e. The molecule has 0 aliphatic rings. The van der Waals surface area contributed by atoms with Crippen molar-refractivity contribution in [1.29, 1.82) is 0 Å². The van der Waals surface area contributed by atoms with E-state index < -0.39 is 6.10 Å². The van der Waals surface area contributed by atoms with Crippen LogP contribution in [-0.4, -0.2) is 33.8 Å². The Morgan fingerprint density at radius 2 is 2.35 bits per heavy atom. The number of nitrogens with one attached hydrogen (secondary N) is 1. The summed E-state index contributed by atoms with van der Waals surface area (Å²) in [6.07, 6.45) is 5.88. The molecule has 0 aromatic carbocycles. The molecule has 0 radical (unpaired) electrons. The van der Waals surface area contributed by atoms with Crippen LogP contribution in [0, 0.1) is 0 Å². The van der Waals surface area contributed by atoms with E-state index in [1.807, 2.05) is 0 Å². The van der Waals surface area contributed by atoms with Gasteiger partial charge in [-0.25, -0.2) is 0 Å². The lowest BCUT2D eigenvalue weighted by molar-refractivity contribution is -0.116. The molecular weight excluding hydrogens is 220 g/mol. The second-order valence-corrected chi connectivity index (χ2v) is 3.74. The van der Waals surface area contributed by atoms with Crippen molar-refractivity contribution >= 4 is 12.0 Å². The van der Waals surface area contributed by atoms with Crippen LogP contribution in [0.15, 0.2) is 24.5 Å². The highest BCUT2D eigenvalue weighted by Gasteiger charge is 1.98. The van der Waals surface area contributed by atoms with Crippen molar-refractivity contribution in [3.05, 3.63) is 30.1 Å². The number of carbonyl (C=O) groups excluding carboxylic acids is 1. The van der Waals surface area contributed by atoms with E-state index >= 15 is 0 Å². The molecule has 1 unspecified atom stereocenters. The van der Waals surface area contributed by atoms with Gasteiger partial charge in [0.25, 0.3) is 0 Å². The molecule has 0 saturated carbocycles. The van der Waals surface area contributed by atoms with Crippen LogP contribution < -0.4 is 5.32 Å². The summed E-state index contributed by atoms with van der Waals surface area (Å²) in [6.45, 7) is 2.10. The van der Waals surface area contributed by atoms with Gasteiger partial charge in [0.05, 0.1) is 12.3 Å². The maximum Gasteiger partial charge on any atom is 0.244 e. The molecule has 17 heavy (non-hydrogen) atoms. The van der Waals surface area contributed by atoms with Gasteiger partial charge in [-0.15, -0.1) is 0 Å². The Hall–Kier alpha value is -1.88. The summed E-state index contributed by atoms with van der Waals surface area (Å²) in [5, 5.41) is 20.8. The van der Waals surface area contributed by atoms with Crippen LogP contribution in [0.25, 0.3) is 6.08 Å². The van der Waals surface area contributed by atoms with E-state index in [1.54, 1.807) is 19.2 Å². The first kappa shape index (κ1) is 13.2. The number of hydrogen-bond donors (Lipinski definition) is 3. The standard InChI is InChI=1S/C12H16N2O3/c1-9(15)4-5-14-12(17)3-2-10-6-11(16)8-13-7-10/h2-3,6-9,15-16H,4-5H2,1H3,(H,14,17)/b3-2+. The highest BCUT2D eigenvalue weighted by atomic mass is 16.3. The maximum absolute atomic E-state index is 11.3. The molecule has 5 nitrogen and oxygen atoms in total. The van der Waals surface area contributed by atoms with Crippen LogP contribution >= 0.6 is 0 Å². The van der Waals surface area contributed by atoms with Gasteiger partial charge in [-0.05, 0) is 31.1 Å². The van der Waals surface area contributed by atoms with Crippen molar-refractivity contribution in [1.82, 2.24) is 10.3 Å². The molecule has 3 N–H and O–H groups in total. The highest BCUT2D eigenvalue weighted by molar-refractivity contribution is 5.91. The third-order valence-electron chi connectivity index (χ3n) is 2.03. The van der Waals surface area contributed by atoms with Gasteiger partial charge in [0.15, 0.2) is 0 Å². The van der Waals surface area contributed by atoms with Gasteiger partial charge in [-0.3, -0.25) is 9.78 Å². The third kappa shape index (κ3) is 5.67. The largest absolute Gasteiger partial charge is 0.506 e. The maximum atomic E-state index is 11.3. The van der Waals surface area contributed by atoms with Gasteiger partial charge in [0, 0.05) is 18.8 Å². The van der Waals surface area contributed by atoms with E-state index in [4.69, 9.17) is 10.2 Å². The minimum absolute atomic E-state index is 0.0571. The first-order chi connectivity index (χ1) is 8.08. The smallest absolute Gasteiger partial charge is 0.244 e. The van der Waals surface area contributed by atoms with Crippen LogP contribution in [0.3, 0.4) is 0 Å². The van der Waals surface area contributed by atoms with Gasteiger partial charge in [-0.2, -0.15) is 0 Å². The van der Waals surface area contributed by atoms with Crippen LogP contribution in [0.1, 0.15) is 18.9 Å². The van der Waals surface area contributed by atoms with Gasteiger partial charge < -0.3 is 15.5 Å². The van der Waals surface area contributed by atoms with Gasteiger partial charge in [-0.1, -0.05) is 0 Å². The van der Waals surface area contributed by atoms with Crippen molar-refractivity contribution in [3.63, 3.8) is 0 Å². The van der Waals surface area contributed by atoms with Gasteiger partial charge >= 0.3 is 0 Å². The van der Waals surface area contributed by atoms with Crippen LogP contribution in [0.2, 0.25) is 0 Å². The van der Waals surface area contributed by atoms with E-state index in [9.17, 15) is 4.79 Å². The lowest BCUT2D eigenvalue weighted by Crippen LogP contribution is -2.24. The Bertz CT molecular complexity index is 402. The quantitative estimate of drug-likeness (QED) is 0.657. The predicted octanol–water partition coefficient (Wildman–Crippen LogP) is 0.687. The number of amides is 1. The molecule has 0 saturated heterocycles. The monoisotopic (exact) mass is 236 g/mol. The number of hydrogen-bond acceptors (Lipinski definition) is 4. The lowest BCUT2D eigenvalue weighted by Gasteiger charge is -2.03. The summed E-state index contributed by atoms with van der Waals surface area (Å²) in [4.78, 5) is 15.1. The van der Waals surface area contributed by atoms with Crippen molar-refractivity contribution in [3.8, 4) is 5.75 Å². The van der Waals surface area contributed by atoms with E-state index in [1.165, 1.54) is 18.3 Å². The first-order valence-electron chi connectivity index (χ1n) is 5.36. The topological polar surface area (TPSA) is 82.5 Å². The number of aromatic nitrogens is 1. The molecule has 92 valence electrons. The fourth-order valence-electron chi connectivity index (χ4n) is 1.17. The Kier molecular flexibility index (Phi) is 5.16. The number of aromatic hydroxyl groups is 1. The van der Waals surface area contributed by atoms with E-state index in [-0.39, 0.29) is 11.7 Å². The summed E-state index contributed by atoms with van der Waals surface area (Å²) in [7, 11) is 0. The second-order valence-electron chi connectivity index (χ2n) is 3.74. The Labute approximate surface area is 99.8 Å². The number of pyridine rings is 1. The normalized spacial score (nSPS) is 12.6. The number of nitrogens with zero attached hydrogens (tertiary/aromatic N) is 1. The average molecular weight is 236 g/mol. The summed E-state index contributed by atoms with van der Waals surface area (Å²) in [5.74, 6) is -0.185. The summed E-state index contributed by atoms with van der Waals surface area (Å²) in [5.41, 5.74) is 0.649. The zero-order chi connectivity index (χ0) is 12.7. The molecule has 0 bridgehead atoms. The average Bonchev–Trinajstić information content (AvgIpc) is 2.26. The second kappa shape index (κ2) is 6.65. The van der Waals surface area contributed by atoms with Crippen LogP contribution in [-0.2, 0) is 4.79 Å². The Balaban J connectivity index is 2.40. The van der Waals surface area contributed by atoms with E-state index in [0.29, 0.717) is 18.5 Å². The minimum atomic E-state index is -0.422. The molecule has 5 heteroatoms. The molecule has 0 aliphatic heterocycles. The molecule has 1 amide bonds. The zero-order valence-electron chi connectivity index (χ0n) is 9.63. The molecule has 0 spiro atoms. The third-order valence-corrected chi connectivity index (χ3v) is 2.03. The lowest BCUT2D eigenvalue weighted by atomic mass is 10.2. The Morgan fingerprint density at radius 1 is 1.59 bits per heavy atom. The zero-order valence-corrected chi connectivity index (χ0v) is 9.63. The summed E-state index contributed by atoms with van der Waals surface area (Å²) in [6, 6.07) is 1.51. The number of carbonyl (C=O) groups is 1. The van der Waals surface area contributed by atoms with Gasteiger partial charge in [0.1, 0.15) is 5.75 Å². The summed E-state index contributed by atoms with van der Waals surface area (Å²) >= 11 is 0. The fourth-order valence-corrected chi connectivity index (χ4v) is 1.17. The van der Waals surface area contributed by atoms with Crippen LogP contribution in [0.5, 0.6) is 5.75 Å². The summed E-state index contributed by atoms with van der Waals surface area (Å²) < 4.78 is 0. The van der Waals surface area contributed by atoms with E-state index in [2.05, 4.69) is 10.3 Å². The predicted molar refractivity (Wildman–Crippen MR) is 64.2 cm³/mol. The van der Waals surface area contributed by atoms with Crippen molar-refractivity contribution < 1.29 is 15.0 Å². The van der Waals surface area contributed by atoms with Crippen molar-refractivity contribution in [2.45, 2.75) is 19.4 Å². The van der Waals surface area contributed by atoms with E-state index in [0.717, 1.165) is 0 Å². The molecule has 1 aromatic rings. The highest BCUT2D eigenvalue weighted by Crippen LogP contribution is 2.09. The van der Waals surface area contributed by atoms with Crippen molar-refractivity contribution in [2.24, 2.45) is 0 Å². The number of rotatable bonds is 5. The molecule has 1 atom stereocenters. The first-order valence-corrected chi connectivity index (χ1v) is 5.36. The molecular formula is C12H16N2O3. The number of aliphatic hydroxyl groups is 1. The molecule has 1 heterocycles. The Morgan fingerprint density at radius 3 is 3.00 bits per heavy atom. The molecule has 1 aromatic heterocycles. The SMILES string of the molecule is CC(O)CCNC(=O)/C=C/c1cncc(O)c1. The fraction of sp³-hybridized carbons (Fsp3) is 0.333. The van der Waals surface area contributed by atoms with Gasteiger partial charge in [0.2, 0.25) is 5.91 Å². The number of aliphatic hydroxyl groups excluding tert-OH is 1.